The summed E-state index contributed by atoms with van der Waals surface area (Å²) in [6.07, 6.45) is 0. The number of phenols is 1. The van der Waals surface area contributed by atoms with Gasteiger partial charge in [-0.1, -0.05) is 30.3 Å². The molecule has 2 amide bonds. The van der Waals surface area contributed by atoms with E-state index < -0.39 is 11.8 Å². The highest BCUT2D eigenvalue weighted by molar-refractivity contribution is 6.00. The second-order valence-corrected chi connectivity index (χ2v) is 5.32. The van der Waals surface area contributed by atoms with Crippen LogP contribution in [0.3, 0.4) is 0 Å². The second-order valence-electron chi connectivity index (χ2n) is 5.32. The van der Waals surface area contributed by atoms with Crippen LogP contribution in [0.2, 0.25) is 0 Å². The van der Waals surface area contributed by atoms with E-state index in [1.807, 2.05) is 30.3 Å². The van der Waals surface area contributed by atoms with Crippen molar-refractivity contribution in [3.05, 3.63) is 65.9 Å². The molecule has 0 fully saturated rings. The molecular weight excluding hydrogens is 336 g/mol. The first-order valence-electron chi connectivity index (χ1n) is 7.67. The van der Waals surface area contributed by atoms with Crippen molar-refractivity contribution in [2.75, 3.05) is 7.11 Å². The van der Waals surface area contributed by atoms with Crippen LogP contribution in [0.15, 0.2) is 54.6 Å². The van der Waals surface area contributed by atoms with E-state index in [0.29, 0.717) is 11.4 Å². The molecule has 0 aliphatic carbocycles. The van der Waals surface area contributed by atoms with Crippen molar-refractivity contribution in [1.29, 1.82) is 0 Å². The lowest BCUT2D eigenvalue weighted by molar-refractivity contribution is 0.0842. The zero-order chi connectivity index (χ0) is 18.5. The van der Waals surface area contributed by atoms with Crippen molar-refractivity contribution in [3.8, 4) is 22.8 Å². The fourth-order valence-corrected chi connectivity index (χ4v) is 2.27. The van der Waals surface area contributed by atoms with Gasteiger partial charge in [0.15, 0.2) is 0 Å². The minimum Gasteiger partial charge on any atom is -0.507 e. The predicted molar refractivity (Wildman–Crippen MR) is 93.6 cm³/mol. The van der Waals surface area contributed by atoms with E-state index in [1.54, 1.807) is 6.07 Å². The number of carbonyl (C=O) groups is 2. The average molecular weight is 352 g/mol. The molecule has 1 aromatic heterocycles. The van der Waals surface area contributed by atoms with E-state index in [1.165, 1.54) is 25.3 Å². The molecule has 132 valence electrons. The first kappa shape index (κ1) is 17.0. The van der Waals surface area contributed by atoms with E-state index in [9.17, 15) is 14.7 Å². The summed E-state index contributed by atoms with van der Waals surface area (Å²) in [4.78, 5) is 24.2. The molecule has 8 nitrogen and oxygen atoms in total. The van der Waals surface area contributed by atoms with Crippen LogP contribution in [0.5, 0.6) is 11.5 Å². The standard InChI is InChI=1S/C18H16N4O4/c1-26-12-7-8-13(16(23)9-12)17(24)21-22-18(25)15-10-14(19-20-15)11-5-3-2-4-6-11/h2-10,23H,1H3,(H,19,20)(H,21,24)(H,22,25). The minimum absolute atomic E-state index is 0.000635. The van der Waals surface area contributed by atoms with Crippen LogP contribution in [0.4, 0.5) is 0 Å². The van der Waals surface area contributed by atoms with Crippen LogP contribution >= 0.6 is 0 Å². The molecule has 3 aromatic rings. The number of aromatic hydroxyl groups is 1. The summed E-state index contributed by atoms with van der Waals surface area (Å²) in [5.41, 5.74) is 6.15. The third kappa shape index (κ3) is 3.64. The number of aromatic amines is 1. The van der Waals surface area contributed by atoms with E-state index in [2.05, 4.69) is 21.0 Å². The lowest BCUT2D eigenvalue weighted by Gasteiger charge is -2.08. The molecule has 0 saturated heterocycles. The quantitative estimate of drug-likeness (QED) is 0.535. The number of phenolic OH excluding ortho intramolecular Hbond substituents is 1. The van der Waals surface area contributed by atoms with Crippen LogP contribution in [-0.2, 0) is 0 Å². The summed E-state index contributed by atoms with van der Waals surface area (Å²) >= 11 is 0. The Hall–Kier alpha value is -3.81. The number of nitrogens with zero attached hydrogens (tertiary/aromatic N) is 1. The number of benzene rings is 2. The van der Waals surface area contributed by atoms with Crippen molar-refractivity contribution in [2.45, 2.75) is 0 Å². The molecule has 0 unspecified atom stereocenters. The van der Waals surface area contributed by atoms with Gasteiger partial charge in [0, 0.05) is 11.6 Å². The largest absolute Gasteiger partial charge is 0.507 e. The molecule has 0 spiro atoms. The summed E-state index contributed by atoms with van der Waals surface area (Å²) in [7, 11) is 1.45. The Bertz CT molecular complexity index is 937. The number of hydrogen-bond donors (Lipinski definition) is 4. The number of methoxy groups -OCH3 is 1. The molecule has 4 N–H and O–H groups in total. The third-order valence-corrected chi connectivity index (χ3v) is 3.63. The zero-order valence-corrected chi connectivity index (χ0v) is 13.8. The van der Waals surface area contributed by atoms with Crippen LogP contribution in [0.25, 0.3) is 11.3 Å². The highest BCUT2D eigenvalue weighted by Crippen LogP contribution is 2.23. The lowest BCUT2D eigenvalue weighted by atomic mass is 10.1. The van der Waals surface area contributed by atoms with Gasteiger partial charge in [0.1, 0.15) is 17.2 Å². The maximum atomic E-state index is 12.1. The SMILES string of the molecule is COc1ccc(C(=O)NNC(=O)c2cc(-c3ccccc3)n[nH]2)c(O)c1. The van der Waals surface area contributed by atoms with Crippen LogP contribution in [0.1, 0.15) is 20.8 Å². The number of amides is 2. The molecule has 0 aliphatic rings. The van der Waals surface area contributed by atoms with Gasteiger partial charge in [0.2, 0.25) is 0 Å². The third-order valence-electron chi connectivity index (χ3n) is 3.63. The van der Waals surface area contributed by atoms with Crippen molar-refractivity contribution < 1.29 is 19.4 Å². The molecule has 2 aromatic carbocycles. The number of hydrazine groups is 1. The number of ether oxygens (including phenoxy) is 1. The van der Waals surface area contributed by atoms with E-state index in [0.717, 1.165) is 5.56 Å². The molecule has 0 bridgehead atoms. The van der Waals surface area contributed by atoms with E-state index >= 15 is 0 Å². The molecule has 3 rings (SSSR count). The summed E-state index contributed by atoms with van der Waals surface area (Å²) in [6.45, 7) is 0. The molecule has 0 saturated carbocycles. The van der Waals surface area contributed by atoms with E-state index in [4.69, 9.17) is 4.74 Å². The van der Waals surface area contributed by atoms with E-state index in [-0.39, 0.29) is 17.0 Å². The maximum absolute atomic E-state index is 12.1. The smallest absolute Gasteiger partial charge is 0.287 e. The fraction of sp³-hybridized carbons (Fsp3) is 0.0556. The average Bonchev–Trinajstić information content (AvgIpc) is 3.16. The maximum Gasteiger partial charge on any atom is 0.287 e. The second kappa shape index (κ2) is 7.39. The van der Waals surface area contributed by atoms with Crippen LogP contribution in [0, 0.1) is 0 Å². The Balaban J connectivity index is 1.64. The van der Waals surface area contributed by atoms with Gasteiger partial charge in [-0.25, -0.2) is 0 Å². The summed E-state index contributed by atoms with van der Waals surface area (Å²) in [5, 5.41) is 16.5. The van der Waals surface area contributed by atoms with Crippen molar-refractivity contribution in [3.63, 3.8) is 0 Å². The van der Waals surface area contributed by atoms with Crippen LogP contribution < -0.4 is 15.6 Å². The molecule has 8 heteroatoms. The highest BCUT2D eigenvalue weighted by atomic mass is 16.5. The number of aromatic nitrogens is 2. The van der Waals surface area contributed by atoms with Gasteiger partial charge in [-0.2, -0.15) is 5.10 Å². The summed E-state index contributed by atoms with van der Waals surface area (Å²) in [6, 6.07) is 15.1. The van der Waals surface area contributed by atoms with Gasteiger partial charge in [0.25, 0.3) is 11.8 Å². The Kier molecular flexibility index (Phi) is 4.84. The number of carbonyl (C=O) groups excluding carboxylic acids is 2. The monoisotopic (exact) mass is 352 g/mol. The number of H-pyrrole nitrogens is 1. The van der Waals surface area contributed by atoms with Gasteiger partial charge in [-0.05, 0) is 18.2 Å². The van der Waals surface area contributed by atoms with Crippen LogP contribution in [-0.4, -0.2) is 34.2 Å². The first-order chi connectivity index (χ1) is 12.6. The molecular formula is C18H16N4O4. The predicted octanol–water partition coefficient (Wildman–Crippen LogP) is 1.87. The van der Waals surface area contributed by atoms with Crippen molar-refractivity contribution in [1.82, 2.24) is 21.0 Å². The number of rotatable bonds is 4. The van der Waals surface area contributed by atoms with Crippen molar-refractivity contribution >= 4 is 11.8 Å². The molecule has 0 atom stereocenters. The Morgan fingerprint density at radius 3 is 2.46 bits per heavy atom. The Labute approximate surface area is 148 Å². The Morgan fingerprint density at radius 1 is 1.04 bits per heavy atom. The lowest BCUT2D eigenvalue weighted by Crippen LogP contribution is -2.41. The highest BCUT2D eigenvalue weighted by Gasteiger charge is 2.15. The molecule has 1 heterocycles. The fourth-order valence-electron chi connectivity index (χ4n) is 2.27. The van der Waals surface area contributed by atoms with Gasteiger partial charge in [-0.15, -0.1) is 0 Å². The topological polar surface area (TPSA) is 116 Å². The van der Waals surface area contributed by atoms with Gasteiger partial charge in [-0.3, -0.25) is 25.5 Å². The Morgan fingerprint density at radius 2 is 1.77 bits per heavy atom. The zero-order valence-electron chi connectivity index (χ0n) is 13.8. The normalized spacial score (nSPS) is 10.2. The minimum atomic E-state index is -0.665. The van der Waals surface area contributed by atoms with Gasteiger partial charge < -0.3 is 9.84 Å². The molecule has 0 radical (unpaired) electrons. The molecule has 26 heavy (non-hydrogen) atoms. The number of hydrogen-bond acceptors (Lipinski definition) is 5. The first-order valence-corrected chi connectivity index (χ1v) is 7.67. The number of nitrogens with one attached hydrogen (secondary N) is 3. The van der Waals surface area contributed by atoms with Gasteiger partial charge in [0.05, 0.1) is 18.4 Å². The summed E-state index contributed by atoms with van der Waals surface area (Å²) < 4.78 is 4.95. The molecule has 0 aliphatic heterocycles. The van der Waals surface area contributed by atoms with Crippen molar-refractivity contribution in [2.24, 2.45) is 0 Å². The van der Waals surface area contributed by atoms with Gasteiger partial charge >= 0.3 is 0 Å². The summed E-state index contributed by atoms with van der Waals surface area (Å²) in [5.74, 6) is -1.08.